The Labute approximate surface area is 156 Å². The van der Waals surface area contributed by atoms with Crippen LogP contribution in [0.2, 0.25) is 5.02 Å². The molecule has 2 atom stereocenters. The summed E-state index contributed by atoms with van der Waals surface area (Å²) in [6.45, 7) is 0.290. The zero-order chi connectivity index (χ0) is 18.5. The number of halogens is 1. The van der Waals surface area contributed by atoms with Gasteiger partial charge in [0, 0.05) is 23.6 Å². The molecule has 1 saturated carbocycles. The summed E-state index contributed by atoms with van der Waals surface area (Å²) in [6.07, 6.45) is 1.76. The summed E-state index contributed by atoms with van der Waals surface area (Å²) in [4.78, 5) is 16.8. The van der Waals surface area contributed by atoms with Crippen LogP contribution in [0, 0.1) is 5.92 Å². The topological polar surface area (TPSA) is 88.6 Å². The van der Waals surface area contributed by atoms with Crippen molar-refractivity contribution >= 4 is 38.9 Å². The highest BCUT2D eigenvalue weighted by Gasteiger charge is 2.75. The van der Waals surface area contributed by atoms with Gasteiger partial charge in [-0.1, -0.05) is 11.6 Å². The molecule has 1 N–H and O–H groups in total. The first-order chi connectivity index (χ1) is 12.4. The molecule has 136 valence electrons. The van der Waals surface area contributed by atoms with Crippen LogP contribution >= 0.6 is 11.6 Å². The number of aromatic nitrogens is 1. The second kappa shape index (κ2) is 5.85. The number of nitrogens with zero attached hydrogens (tertiary/aromatic N) is 2. The van der Waals surface area contributed by atoms with Crippen LogP contribution in [0.5, 0.6) is 5.88 Å². The molecule has 1 aliphatic carbocycles. The predicted octanol–water partition coefficient (Wildman–Crippen LogP) is 2.29. The van der Waals surface area contributed by atoms with Gasteiger partial charge in [-0.05, 0) is 36.8 Å². The smallest absolute Gasteiger partial charge is 0.250 e. The molecular formula is C17H16ClN3O4S. The van der Waals surface area contributed by atoms with Gasteiger partial charge in [-0.25, -0.2) is 13.4 Å². The van der Waals surface area contributed by atoms with Crippen LogP contribution < -0.4 is 14.4 Å². The van der Waals surface area contributed by atoms with E-state index in [0.29, 0.717) is 28.7 Å². The first-order valence-electron chi connectivity index (χ1n) is 7.98. The summed E-state index contributed by atoms with van der Waals surface area (Å²) < 4.78 is 31.0. The number of benzene rings is 1. The Bertz CT molecular complexity index is 963. The van der Waals surface area contributed by atoms with E-state index in [1.54, 1.807) is 36.4 Å². The lowest BCUT2D eigenvalue weighted by Crippen LogP contribution is -2.42. The van der Waals surface area contributed by atoms with E-state index in [4.69, 9.17) is 16.3 Å². The van der Waals surface area contributed by atoms with Crippen molar-refractivity contribution in [2.45, 2.75) is 11.2 Å². The molecule has 2 aliphatic rings. The number of methoxy groups -OCH3 is 1. The Kier molecular flexibility index (Phi) is 3.85. The van der Waals surface area contributed by atoms with Crippen molar-refractivity contribution in [1.29, 1.82) is 0 Å². The van der Waals surface area contributed by atoms with Crippen molar-refractivity contribution in [2.24, 2.45) is 5.92 Å². The van der Waals surface area contributed by atoms with Gasteiger partial charge in [0.05, 0.1) is 24.7 Å². The summed E-state index contributed by atoms with van der Waals surface area (Å²) >= 11 is 5.87. The Morgan fingerprint density at radius 3 is 2.65 bits per heavy atom. The fraction of sp³-hybridized carbons (Fsp3) is 0.294. The second-order valence-corrected chi connectivity index (χ2v) is 8.90. The van der Waals surface area contributed by atoms with Gasteiger partial charge in [-0.15, -0.1) is 0 Å². The number of ether oxygens (including phenoxy) is 1. The first-order valence-corrected chi connectivity index (χ1v) is 9.79. The monoisotopic (exact) mass is 393 g/mol. The lowest BCUT2D eigenvalue weighted by Gasteiger charge is -2.23. The molecule has 0 bridgehead atoms. The number of amides is 1. The Morgan fingerprint density at radius 1 is 1.31 bits per heavy atom. The zero-order valence-corrected chi connectivity index (χ0v) is 15.4. The number of hydrogen-bond acceptors (Lipinski definition) is 5. The van der Waals surface area contributed by atoms with Crippen molar-refractivity contribution in [3.05, 3.63) is 47.6 Å². The molecule has 4 rings (SSSR count). The molecule has 2 aromatic rings. The summed E-state index contributed by atoms with van der Waals surface area (Å²) in [6, 6.07) is 9.77. The first kappa shape index (κ1) is 17.1. The van der Waals surface area contributed by atoms with Gasteiger partial charge < -0.3 is 10.1 Å². The van der Waals surface area contributed by atoms with Crippen LogP contribution in [0.4, 0.5) is 11.4 Å². The summed E-state index contributed by atoms with van der Waals surface area (Å²) in [5.41, 5.74) is 0.941. The molecule has 0 radical (unpaired) electrons. The summed E-state index contributed by atoms with van der Waals surface area (Å²) in [5, 5.41) is 3.19. The number of rotatable bonds is 4. The van der Waals surface area contributed by atoms with Gasteiger partial charge in [-0.2, -0.15) is 0 Å². The Hall–Kier alpha value is -2.32. The van der Waals surface area contributed by atoms with Gasteiger partial charge in [0.15, 0.2) is 4.75 Å². The van der Waals surface area contributed by atoms with E-state index in [9.17, 15) is 13.2 Å². The molecule has 2 heterocycles. The fourth-order valence-corrected chi connectivity index (χ4v) is 5.88. The highest BCUT2D eigenvalue weighted by atomic mass is 35.5. The van der Waals surface area contributed by atoms with Crippen LogP contribution in [0.25, 0.3) is 0 Å². The van der Waals surface area contributed by atoms with E-state index >= 15 is 0 Å². The van der Waals surface area contributed by atoms with Gasteiger partial charge >= 0.3 is 0 Å². The summed E-state index contributed by atoms with van der Waals surface area (Å²) in [5.74, 6) is -0.340. The normalized spacial score (nSPS) is 25.5. The van der Waals surface area contributed by atoms with Crippen LogP contribution in [0.15, 0.2) is 42.6 Å². The number of pyridine rings is 1. The molecule has 0 unspecified atom stereocenters. The average Bonchev–Trinajstić information content (AvgIpc) is 3.32. The quantitative estimate of drug-likeness (QED) is 0.860. The molecule has 9 heteroatoms. The minimum Gasteiger partial charge on any atom is -0.481 e. The Morgan fingerprint density at radius 2 is 2.04 bits per heavy atom. The molecule has 1 saturated heterocycles. The number of hydrogen-bond donors (Lipinski definition) is 1. The number of sulfonamides is 1. The summed E-state index contributed by atoms with van der Waals surface area (Å²) in [7, 11) is -2.33. The maximum atomic E-state index is 13.1. The van der Waals surface area contributed by atoms with Gasteiger partial charge in [0.2, 0.25) is 21.8 Å². The number of carbonyl (C=O) groups excluding carboxylic acids is 1. The van der Waals surface area contributed by atoms with E-state index in [1.165, 1.54) is 17.6 Å². The number of nitrogens with one attached hydrogen (secondary N) is 1. The molecule has 1 aromatic heterocycles. The Balaban J connectivity index is 1.58. The van der Waals surface area contributed by atoms with Crippen molar-refractivity contribution in [3.63, 3.8) is 0 Å². The van der Waals surface area contributed by atoms with Gasteiger partial charge in [0.25, 0.3) is 0 Å². The number of anilines is 2. The maximum absolute atomic E-state index is 13.1. The largest absolute Gasteiger partial charge is 0.481 e. The molecule has 1 aromatic carbocycles. The standard InChI is InChI=1S/C17H16ClN3O4S/c1-25-15-7-4-13(9-19-15)20-16(22)17-8-11(17)10-21(26(17,23)24)14-5-2-12(18)3-6-14/h2-7,9,11H,8,10H2,1H3,(H,20,22)/t11-,17+/m0/s1. The third-order valence-electron chi connectivity index (χ3n) is 4.89. The third-order valence-corrected chi connectivity index (χ3v) is 7.69. The highest BCUT2D eigenvalue weighted by Crippen LogP contribution is 2.58. The van der Waals surface area contributed by atoms with E-state index in [0.717, 1.165) is 0 Å². The van der Waals surface area contributed by atoms with E-state index in [-0.39, 0.29) is 12.5 Å². The molecule has 2 fully saturated rings. The zero-order valence-electron chi connectivity index (χ0n) is 13.8. The van der Waals surface area contributed by atoms with Crippen molar-refractivity contribution < 1.29 is 17.9 Å². The lowest BCUT2D eigenvalue weighted by molar-refractivity contribution is -0.116. The van der Waals surface area contributed by atoms with Crippen molar-refractivity contribution in [3.8, 4) is 5.88 Å². The van der Waals surface area contributed by atoms with Crippen molar-refractivity contribution in [2.75, 3.05) is 23.3 Å². The number of fused-ring (bicyclic) bond motifs is 1. The van der Waals surface area contributed by atoms with Crippen molar-refractivity contribution in [1.82, 2.24) is 4.98 Å². The fourth-order valence-electron chi connectivity index (χ4n) is 3.39. The molecule has 1 amide bonds. The molecule has 1 aliphatic heterocycles. The van der Waals surface area contributed by atoms with Crippen LogP contribution in [-0.4, -0.2) is 37.7 Å². The van der Waals surface area contributed by atoms with E-state index in [2.05, 4.69) is 10.3 Å². The molecule has 26 heavy (non-hydrogen) atoms. The van der Waals surface area contributed by atoms with Crippen LogP contribution in [-0.2, 0) is 14.8 Å². The maximum Gasteiger partial charge on any atom is 0.250 e. The second-order valence-electron chi connectivity index (χ2n) is 6.35. The SMILES string of the molecule is COc1ccc(NC(=O)[C@@]23C[C@H]2CN(c2ccc(Cl)cc2)S3(=O)=O)cn1. The minimum absolute atomic E-state index is 0.227. The van der Waals surface area contributed by atoms with Crippen LogP contribution in [0.1, 0.15) is 6.42 Å². The molecule has 0 spiro atoms. The van der Waals surface area contributed by atoms with E-state index in [1.807, 2.05) is 0 Å². The highest BCUT2D eigenvalue weighted by molar-refractivity contribution is 7.95. The number of carbonyl (C=O) groups is 1. The van der Waals surface area contributed by atoms with Gasteiger partial charge in [-0.3, -0.25) is 9.10 Å². The molecule has 7 nitrogen and oxygen atoms in total. The van der Waals surface area contributed by atoms with Gasteiger partial charge in [0.1, 0.15) is 0 Å². The third kappa shape index (κ3) is 2.44. The lowest BCUT2D eigenvalue weighted by atomic mass is 10.2. The van der Waals surface area contributed by atoms with Crippen LogP contribution in [0.3, 0.4) is 0 Å². The average molecular weight is 394 g/mol. The van der Waals surface area contributed by atoms with E-state index < -0.39 is 20.7 Å². The minimum atomic E-state index is -3.82. The predicted molar refractivity (Wildman–Crippen MR) is 98.0 cm³/mol. The molecular weight excluding hydrogens is 378 g/mol.